The number of hydrogen-bond donors (Lipinski definition) is 2. The molecule has 0 aromatic heterocycles. The summed E-state index contributed by atoms with van der Waals surface area (Å²) in [6, 6.07) is 12.8. The van der Waals surface area contributed by atoms with Gasteiger partial charge in [-0.05, 0) is 36.2 Å². The zero-order valence-electron chi connectivity index (χ0n) is 11.6. The maximum atomic E-state index is 12.2. The van der Waals surface area contributed by atoms with Gasteiger partial charge in [0.15, 0.2) is 0 Å². The number of carbonyl (C=O) groups excluding carboxylic acids is 1. The lowest BCUT2D eigenvalue weighted by molar-refractivity contribution is -0.307. The van der Waals surface area contributed by atoms with E-state index in [9.17, 15) is 18.3 Å². The second-order valence-electron chi connectivity index (χ2n) is 4.75. The molecule has 0 heterocycles. The van der Waals surface area contributed by atoms with Gasteiger partial charge >= 0.3 is 0 Å². The molecule has 116 valence electrons. The quantitative estimate of drug-likeness (QED) is 0.723. The van der Waals surface area contributed by atoms with E-state index in [0.717, 1.165) is 0 Å². The minimum absolute atomic E-state index is 0.00260. The largest absolute Gasteiger partial charge is 0.548 e. The van der Waals surface area contributed by atoms with Gasteiger partial charge in [0.05, 0.1) is 16.9 Å². The van der Waals surface area contributed by atoms with Crippen LogP contribution < -0.4 is 15.6 Å². The van der Waals surface area contributed by atoms with Crippen LogP contribution in [0.15, 0.2) is 59.5 Å². The molecular weight excluding hydrogens is 304 g/mol. The highest BCUT2D eigenvalue weighted by molar-refractivity contribution is 7.89. The van der Waals surface area contributed by atoms with Crippen LogP contribution in [0.25, 0.3) is 0 Å². The molecule has 0 aliphatic rings. The van der Waals surface area contributed by atoms with Crippen LogP contribution in [0.2, 0.25) is 0 Å². The van der Waals surface area contributed by atoms with Gasteiger partial charge in [0.25, 0.3) is 0 Å². The van der Waals surface area contributed by atoms with E-state index in [4.69, 9.17) is 5.73 Å². The van der Waals surface area contributed by atoms with E-state index in [0.29, 0.717) is 11.3 Å². The van der Waals surface area contributed by atoms with Crippen molar-refractivity contribution in [3.63, 3.8) is 0 Å². The Labute approximate surface area is 128 Å². The van der Waals surface area contributed by atoms with Gasteiger partial charge < -0.3 is 15.6 Å². The van der Waals surface area contributed by atoms with Crippen LogP contribution in [0, 0.1) is 0 Å². The molecule has 0 saturated carbocycles. The molecule has 7 heteroatoms. The Kier molecular flexibility index (Phi) is 4.79. The molecule has 2 rings (SSSR count). The van der Waals surface area contributed by atoms with Crippen LogP contribution in [-0.4, -0.2) is 20.4 Å². The fraction of sp³-hybridized carbons (Fsp3) is 0.133. The summed E-state index contributed by atoms with van der Waals surface area (Å²) in [4.78, 5) is 11.2. The van der Waals surface area contributed by atoms with Gasteiger partial charge in [-0.2, -0.15) is 0 Å². The Morgan fingerprint density at radius 1 is 1.09 bits per heavy atom. The minimum Gasteiger partial charge on any atom is -0.548 e. The van der Waals surface area contributed by atoms with Crippen LogP contribution in [-0.2, 0) is 21.2 Å². The molecule has 6 nitrogen and oxygen atoms in total. The lowest BCUT2D eigenvalue weighted by atomic mass is 10.1. The summed E-state index contributed by atoms with van der Waals surface area (Å²) in [6.07, 6.45) is -0.00260. The first-order chi connectivity index (χ1) is 10.4. The third-order valence-corrected chi connectivity index (χ3v) is 4.54. The minimum atomic E-state index is -3.97. The molecule has 0 bridgehead atoms. The molecule has 0 aliphatic carbocycles. The summed E-state index contributed by atoms with van der Waals surface area (Å²) >= 11 is 0. The van der Waals surface area contributed by atoms with E-state index < -0.39 is 22.0 Å². The molecule has 0 amide bonds. The van der Waals surface area contributed by atoms with Gasteiger partial charge in [0.1, 0.15) is 0 Å². The molecular formula is C15H15N2O4S-. The van der Waals surface area contributed by atoms with E-state index >= 15 is 0 Å². The van der Waals surface area contributed by atoms with Gasteiger partial charge in [-0.25, -0.2) is 13.1 Å². The van der Waals surface area contributed by atoms with Gasteiger partial charge in [-0.3, -0.25) is 0 Å². The van der Waals surface area contributed by atoms with Crippen molar-refractivity contribution < 1.29 is 18.3 Å². The summed E-state index contributed by atoms with van der Waals surface area (Å²) in [5.74, 6) is -1.48. The molecule has 2 aromatic carbocycles. The number of carbonyl (C=O) groups is 1. The lowest BCUT2D eigenvalue weighted by Crippen LogP contribution is -2.49. The van der Waals surface area contributed by atoms with E-state index in [1.807, 2.05) is 0 Å². The molecule has 22 heavy (non-hydrogen) atoms. The topological polar surface area (TPSA) is 112 Å². The van der Waals surface area contributed by atoms with Gasteiger partial charge in [0, 0.05) is 5.69 Å². The number of hydrogen-bond acceptors (Lipinski definition) is 5. The summed E-state index contributed by atoms with van der Waals surface area (Å²) in [7, 11) is -3.97. The summed E-state index contributed by atoms with van der Waals surface area (Å²) in [5, 5.41) is 11.2. The van der Waals surface area contributed by atoms with Gasteiger partial charge in [-0.15, -0.1) is 0 Å². The molecule has 0 fully saturated rings. The van der Waals surface area contributed by atoms with Crippen molar-refractivity contribution in [3.05, 3.63) is 60.2 Å². The van der Waals surface area contributed by atoms with E-state index in [1.54, 1.807) is 30.3 Å². The smallest absolute Gasteiger partial charge is 0.241 e. The van der Waals surface area contributed by atoms with Crippen molar-refractivity contribution in [1.29, 1.82) is 0 Å². The van der Waals surface area contributed by atoms with Crippen LogP contribution in [0.1, 0.15) is 5.56 Å². The van der Waals surface area contributed by atoms with Crippen molar-refractivity contribution in [2.24, 2.45) is 0 Å². The predicted octanol–water partition coefficient (Wildman–Crippen LogP) is -0.0917. The Morgan fingerprint density at radius 2 is 1.68 bits per heavy atom. The monoisotopic (exact) mass is 319 g/mol. The molecule has 0 saturated heterocycles. The Bertz CT molecular complexity index is 743. The van der Waals surface area contributed by atoms with Gasteiger partial charge in [0.2, 0.25) is 10.0 Å². The number of carboxylic acids is 1. The maximum absolute atomic E-state index is 12.2. The van der Waals surface area contributed by atoms with E-state index in [-0.39, 0.29) is 11.3 Å². The molecule has 0 spiro atoms. The summed E-state index contributed by atoms with van der Waals surface area (Å²) < 4.78 is 26.6. The zero-order valence-corrected chi connectivity index (χ0v) is 12.4. The second kappa shape index (κ2) is 6.59. The second-order valence-corrected chi connectivity index (χ2v) is 6.47. The highest BCUT2D eigenvalue weighted by atomic mass is 32.2. The molecule has 0 unspecified atom stereocenters. The average Bonchev–Trinajstić information content (AvgIpc) is 2.48. The number of aliphatic carboxylic acids is 1. The van der Waals surface area contributed by atoms with Crippen LogP contribution in [0.3, 0.4) is 0 Å². The fourth-order valence-electron chi connectivity index (χ4n) is 1.93. The normalized spacial score (nSPS) is 12.7. The Morgan fingerprint density at radius 3 is 2.23 bits per heavy atom. The van der Waals surface area contributed by atoms with E-state index in [2.05, 4.69) is 4.72 Å². The standard InChI is InChI=1S/C15H16N2O4S/c16-12-6-8-13(9-7-12)22(20,21)17-14(15(18)19)10-11-4-2-1-3-5-11/h1-9,14,17H,10,16H2,(H,18,19)/p-1/t14-/m1/s1. The third-order valence-electron chi connectivity index (χ3n) is 3.05. The summed E-state index contributed by atoms with van der Waals surface area (Å²) in [6.45, 7) is 0. The average molecular weight is 319 g/mol. The fourth-order valence-corrected chi connectivity index (χ4v) is 3.11. The molecule has 1 atom stereocenters. The van der Waals surface area contributed by atoms with Gasteiger partial charge in [-0.1, -0.05) is 30.3 Å². The molecule has 0 aliphatic heterocycles. The van der Waals surface area contributed by atoms with Crippen molar-refractivity contribution in [2.75, 3.05) is 5.73 Å². The third kappa shape index (κ3) is 4.06. The van der Waals surface area contributed by atoms with E-state index in [1.165, 1.54) is 24.3 Å². The lowest BCUT2D eigenvalue weighted by Gasteiger charge is -2.20. The number of sulfonamides is 1. The SMILES string of the molecule is Nc1ccc(S(=O)(=O)N[C@H](Cc2ccccc2)C(=O)[O-])cc1. The molecule has 2 aromatic rings. The number of nitrogens with one attached hydrogen (secondary N) is 1. The number of carboxylic acid groups (broad SMARTS) is 1. The highest BCUT2D eigenvalue weighted by Crippen LogP contribution is 2.13. The van der Waals surface area contributed by atoms with Crippen molar-refractivity contribution >= 4 is 21.7 Å². The Hall–Kier alpha value is -2.38. The number of benzene rings is 2. The molecule has 3 N–H and O–H groups in total. The number of nitrogens with two attached hydrogens (primary N) is 1. The summed E-state index contributed by atoms with van der Waals surface area (Å²) in [5.41, 5.74) is 6.61. The highest BCUT2D eigenvalue weighted by Gasteiger charge is 2.21. The number of anilines is 1. The van der Waals surface area contributed by atoms with Crippen LogP contribution >= 0.6 is 0 Å². The number of nitrogen functional groups attached to an aromatic ring is 1. The maximum Gasteiger partial charge on any atom is 0.241 e. The Balaban J connectivity index is 2.20. The van der Waals surface area contributed by atoms with Crippen molar-refractivity contribution in [3.8, 4) is 0 Å². The predicted molar refractivity (Wildman–Crippen MR) is 80.1 cm³/mol. The first kappa shape index (κ1) is 16.0. The number of rotatable bonds is 6. The molecule has 0 radical (unpaired) electrons. The van der Waals surface area contributed by atoms with Crippen LogP contribution in [0.4, 0.5) is 5.69 Å². The van der Waals surface area contributed by atoms with Crippen LogP contribution in [0.5, 0.6) is 0 Å². The van der Waals surface area contributed by atoms with Crippen molar-refractivity contribution in [2.45, 2.75) is 17.4 Å². The first-order valence-electron chi connectivity index (χ1n) is 6.51. The first-order valence-corrected chi connectivity index (χ1v) is 7.99. The van der Waals surface area contributed by atoms with Crippen molar-refractivity contribution in [1.82, 2.24) is 4.72 Å². The zero-order chi connectivity index (χ0) is 16.2.